The molecule has 0 heterocycles. The predicted octanol–water partition coefficient (Wildman–Crippen LogP) is 0.497. The zero-order valence-electron chi connectivity index (χ0n) is 6.32. The van der Waals surface area contributed by atoms with E-state index in [1.165, 1.54) is 6.08 Å². The van der Waals surface area contributed by atoms with Crippen molar-refractivity contribution in [3.8, 4) is 0 Å². The van der Waals surface area contributed by atoms with E-state index in [-0.39, 0.29) is 6.54 Å². The van der Waals surface area contributed by atoms with Gasteiger partial charge >= 0.3 is 12.1 Å². The average molecular weight is 171 g/mol. The van der Waals surface area contributed by atoms with Crippen LogP contribution in [0.4, 0.5) is 4.79 Å². The third-order valence-electron chi connectivity index (χ3n) is 0.818. The Hall–Kier alpha value is -1.78. The molecule has 2 N–H and O–H groups in total. The molecular weight excluding hydrogens is 162 g/mol. The van der Waals surface area contributed by atoms with E-state index in [2.05, 4.69) is 11.3 Å². The summed E-state index contributed by atoms with van der Waals surface area (Å²) in [7, 11) is 0. The smallest absolute Gasteiger partial charge is 0.404 e. The van der Waals surface area contributed by atoms with Gasteiger partial charge in [0.05, 0.1) is 6.26 Å². The van der Waals surface area contributed by atoms with Crippen LogP contribution in [-0.4, -0.2) is 23.7 Å². The van der Waals surface area contributed by atoms with Crippen LogP contribution in [0.3, 0.4) is 0 Å². The molecule has 0 rings (SSSR count). The number of nitrogens with one attached hydrogen (secondary N) is 1. The van der Waals surface area contributed by atoms with Crippen molar-refractivity contribution in [3.05, 3.63) is 25.0 Å². The van der Waals surface area contributed by atoms with Gasteiger partial charge in [-0.05, 0) is 6.08 Å². The molecule has 0 aromatic heterocycles. The first-order valence-corrected chi connectivity index (χ1v) is 3.11. The summed E-state index contributed by atoms with van der Waals surface area (Å²) in [5.41, 5.74) is 0. The lowest BCUT2D eigenvalue weighted by atomic mass is 10.6. The number of carboxylic acid groups (broad SMARTS) is 1. The molecule has 0 saturated carbocycles. The van der Waals surface area contributed by atoms with E-state index >= 15 is 0 Å². The number of ether oxygens (including phenoxy) is 1. The second-order valence-electron chi connectivity index (χ2n) is 1.70. The summed E-state index contributed by atoms with van der Waals surface area (Å²) in [5.74, 6) is -0.582. The molecule has 0 atom stereocenters. The Morgan fingerprint density at radius 3 is 2.75 bits per heavy atom. The molecule has 0 fully saturated rings. The third kappa shape index (κ3) is 6.34. The van der Waals surface area contributed by atoms with Crippen LogP contribution in [0.15, 0.2) is 25.0 Å². The molecule has 0 bridgehead atoms. The summed E-state index contributed by atoms with van der Waals surface area (Å²) in [6, 6.07) is 0. The number of carbonyl (C=O) groups is 2. The molecule has 12 heavy (non-hydrogen) atoms. The van der Waals surface area contributed by atoms with Gasteiger partial charge in [0.1, 0.15) is 0 Å². The average Bonchev–Trinajstić information content (AvgIpc) is 2.03. The van der Waals surface area contributed by atoms with Crippen LogP contribution in [0, 0.1) is 0 Å². The molecule has 66 valence electrons. The first kappa shape index (κ1) is 10.2. The van der Waals surface area contributed by atoms with Gasteiger partial charge in [-0.15, -0.1) is 0 Å². The summed E-state index contributed by atoms with van der Waals surface area (Å²) in [5, 5.41) is 10.1. The fourth-order valence-corrected chi connectivity index (χ4v) is 0.358. The highest BCUT2D eigenvalue weighted by molar-refractivity contribution is 5.81. The number of rotatable bonds is 4. The van der Waals surface area contributed by atoms with Crippen molar-refractivity contribution in [2.45, 2.75) is 0 Å². The standard InChI is InChI=1S/C7H9NO4/c1-2-6(9)12-5-3-4-8-7(10)11/h2-3,5,8H,1,4H2,(H,10,11). The van der Waals surface area contributed by atoms with Crippen molar-refractivity contribution in [1.82, 2.24) is 5.32 Å². The van der Waals surface area contributed by atoms with Crippen LogP contribution < -0.4 is 5.32 Å². The van der Waals surface area contributed by atoms with Gasteiger partial charge in [0.15, 0.2) is 0 Å². The molecule has 0 unspecified atom stereocenters. The van der Waals surface area contributed by atoms with Crippen LogP contribution in [0.25, 0.3) is 0 Å². The Morgan fingerprint density at radius 1 is 1.58 bits per heavy atom. The maximum absolute atomic E-state index is 10.4. The third-order valence-corrected chi connectivity index (χ3v) is 0.818. The van der Waals surface area contributed by atoms with Crippen molar-refractivity contribution >= 4 is 12.1 Å². The summed E-state index contributed by atoms with van der Waals surface area (Å²) in [6.07, 6.45) is 2.33. The molecule has 0 aliphatic rings. The number of carbonyl (C=O) groups excluding carboxylic acids is 1. The molecule has 0 aromatic carbocycles. The minimum absolute atomic E-state index is 0.0970. The van der Waals surface area contributed by atoms with Crippen molar-refractivity contribution < 1.29 is 19.4 Å². The molecule has 5 heteroatoms. The molecule has 0 saturated heterocycles. The lowest BCUT2D eigenvalue weighted by Gasteiger charge is -1.93. The van der Waals surface area contributed by atoms with Crippen LogP contribution >= 0.6 is 0 Å². The van der Waals surface area contributed by atoms with Crippen LogP contribution in [0.2, 0.25) is 0 Å². The monoisotopic (exact) mass is 171 g/mol. The Labute approximate surface area is 69.3 Å². The van der Waals surface area contributed by atoms with E-state index in [9.17, 15) is 9.59 Å². The second kappa shape index (κ2) is 5.96. The molecule has 0 aliphatic carbocycles. The van der Waals surface area contributed by atoms with Gasteiger partial charge in [0, 0.05) is 12.6 Å². The van der Waals surface area contributed by atoms with Gasteiger partial charge < -0.3 is 15.2 Å². The Kier molecular flexibility index (Phi) is 5.08. The Bertz CT molecular complexity index is 209. The zero-order chi connectivity index (χ0) is 9.40. The van der Waals surface area contributed by atoms with Crippen molar-refractivity contribution in [2.75, 3.05) is 6.54 Å². The summed E-state index contributed by atoms with van der Waals surface area (Å²) in [6.45, 7) is 3.27. The van der Waals surface area contributed by atoms with Crippen molar-refractivity contribution in [1.29, 1.82) is 0 Å². The van der Waals surface area contributed by atoms with Gasteiger partial charge in [-0.3, -0.25) is 0 Å². The topological polar surface area (TPSA) is 75.6 Å². The highest BCUT2D eigenvalue weighted by atomic mass is 16.5. The SMILES string of the molecule is C=CC(=O)OC=CCNC(=O)O. The summed E-state index contributed by atoms with van der Waals surface area (Å²) in [4.78, 5) is 20.3. The maximum atomic E-state index is 10.4. The van der Waals surface area contributed by atoms with Crippen LogP contribution in [-0.2, 0) is 9.53 Å². The van der Waals surface area contributed by atoms with Gasteiger partial charge in [-0.2, -0.15) is 0 Å². The minimum Gasteiger partial charge on any atom is -0.465 e. The number of esters is 1. The number of hydrogen-bond donors (Lipinski definition) is 2. The Morgan fingerprint density at radius 2 is 2.25 bits per heavy atom. The van der Waals surface area contributed by atoms with E-state index in [1.54, 1.807) is 0 Å². The molecule has 0 aromatic rings. The second-order valence-corrected chi connectivity index (χ2v) is 1.70. The molecule has 0 radical (unpaired) electrons. The lowest BCUT2D eigenvalue weighted by Crippen LogP contribution is -2.20. The fourth-order valence-electron chi connectivity index (χ4n) is 0.358. The van der Waals surface area contributed by atoms with Gasteiger partial charge in [-0.1, -0.05) is 6.58 Å². The largest absolute Gasteiger partial charge is 0.465 e. The van der Waals surface area contributed by atoms with Crippen molar-refractivity contribution in [3.63, 3.8) is 0 Å². The Balaban J connectivity index is 3.43. The van der Waals surface area contributed by atoms with E-state index in [1.807, 2.05) is 5.32 Å². The van der Waals surface area contributed by atoms with Crippen LogP contribution in [0.5, 0.6) is 0 Å². The fraction of sp³-hybridized carbons (Fsp3) is 0.143. The van der Waals surface area contributed by atoms with E-state index < -0.39 is 12.1 Å². The van der Waals surface area contributed by atoms with Crippen LogP contribution in [0.1, 0.15) is 0 Å². The highest BCUT2D eigenvalue weighted by Crippen LogP contribution is 1.80. The van der Waals surface area contributed by atoms with E-state index in [4.69, 9.17) is 5.11 Å². The minimum atomic E-state index is -1.13. The maximum Gasteiger partial charge on any atom is 0.404 e. The summed E-state index contributed by atoms with van der Waals surface area (Å²) < 4.78 is 4.40. The molecule has 1 amide bonds. The molecular formula is C7H9NO4. The lowest BCUT2D eigenvalue weighted by molar-refractivity contribution is -0.132. The quantitative estimate of drug-likeness (QED) is 0.367. The van der Waals surface area contributed by atoms with E-state index in [0.717, 1.165) is 12.3 Å². The number of hydrogen-bond acceptors (Lipinski definition) is 3. The number of amides is 1. The highest BCUT2D eigenvalue weighted by Gasteiger charge is 1.90. The molecule has 0 spiro atoms. The molecule has 5 nitrogen and oxygen atoms in total. The zero-order valence-corrected chi connectivity index (χ0v) is 6.32. The van der Waals surface area contributed by atoms with Gasteiger partial charge in [0.25, 0.3) is 0 Å². The summed E-state index contributed by atoms with van der Waals surface area (Å²) >= 11 is 0. The van der Waals surface area contributed by atoms with Crippen molar-refractivity contribution in [2.24, 2.45) is 0 Å². The van der Waals surface area contributed by atoms with E-state index in [0.29, 0.717) is 0 Å². The van der Waals surface area contributed by atoms with Gasteiger partial charge in [-0.25, -0.2) is 9.59 Å². The molecule has 0 aliphatic heterocycles. The first-order chi connectivity index (χ1) is 5.66. The first-order valence-electron chi connectivity index (χ1n) is 3.11. The van der Waals surface area contributed by atoms with Gasteiger partial charge in [0.2, 0.25) is 0 Å². The normalized spacial score (nSPS) is 9.33. The predicted molar refractivity (Wildman–Crippen MR) is 41.5 cm³/mol.